The van der Waals surface area contributed by atoms with Crippen molar-refractivity contribution >= 4 is 33.3 Å². The molecule has 1 amide bonds. The molecular formula is C20H37NO3S2. The van der Waals surface area contributed by atoms with Crippen LogP contribution in [-0.2, 0) is 14.3 Å². The highest BCUT2D eigenvalue weighted by Gasteiger charge is 2.35. The molecule has 4 nitrogen and oxygen atoms in total. The van der Waals surface area contributed by atoms with Crippen molar-refractivity contribution in [2.45, 2.75) is 85.5 Å². The Morgan fingerprint density at radius 3 is 2.38 bits per heavy atom. The van der Waals surface area contributed by atoms with Crippen LogP contribution < -0.4 is 0 Å². The van der Waals surface area contributed by atoms with Crippen LogP contribution in [0.1, 0.15) is 67.2 Å². The highest BCUT2D eigenvalue weighted by molar-refractivity contribution is 8.76. The van der Waals surface area contributed by atoms with Gasteiger partial charge in [-0.1, -0.05) is 49.3 Å². The Morgan fingerprint density at radius 2 is 1.81 bits per heavy atom. The summed E-state index contributed by atoms with van der Waals surface area (Å²) in [4.78, 5) is 26.4. The van der Waals surface area contributed by atoms with Gasteiger partial charge >= 0.3 is 0 Å². The lowest BCUT2D eigenvalue weighted by Crippen LogP contribution is -2.37. The topological polar surface area (TPSA) is 46.6 Å². The molecule has 0 aromatic carbocycles. The van der Waals surface area contributed by atoms with E-state index in [1.807, 2.05) is 18.7 Å². The monoisotopic (exact) mass is 403 g/mol. The van der Waals surface area contributed by atoms with E-state index in [1.54, 1.807) is 21.6 Å². The van der Waals surface area contributed by atoms with Gasteiger partial charge in [-0.05, 0) is 39.0 Å². The maximum atomic E-state index is 12.7. The number of Topliss-reactive ketones (excluding diaryl/α,β-unsaturated/α-hetero) is 1. The molecule has 0 bridgehead atoms. The predicted molar refractivity (Wildman–Crippen MR) is 114 cm³/mol. The maximum absolute atomic E-state index is 12.7. The molecule has 2 atom stereocenters. The van der Waals surface area contributed by atoms with E-state index in [4.69, 9.17) is 4.74 Å². The number of ketones is 1. The number of amides is 1. The average molecular weight is 404 g/mol. The number of carbonyl (C=O) groups is 2. The first-order valence-electron chi connectivity index (χ1n) is 9.92. The Bertz CT molecular complexity index is 441. The summed E-state index contributed by atoms with van der Waals surface area (Å²) in [6.07, 6.45) is 4.11. The predicted octanol–water partition coefficient (Wildman–Crippen LogP) is 4.81. The first-order valence-corrected chi connectivity index (χ1v) is 12.4. The maximum Gasteiger partial charge on any atom is 0.233 e. The van der Waals surface area contributed by atoms with Gasteiger partial charge in [0.25, 0.3) is 0 Å². The molecule has 26 heavy (non-hydrogen) atoms. The molecule has 0 N–H and O–H groups in total. The van der Waals surface area contributed by atoms with Gasteiger partial charge in [-0.2, -0.15) is 0 Å². The summed E-state index contributed by atoms with van der Waals surface area (Å²) in [7, 11) is 3.21. The van der Waals surface area contributed by atoms with E-state index >= 15 is 0 Å². The first-order chi connectivity index (χ1) is 12.2. The van der Waals surface area contributed by atoms with Gasteiger partial charge in [0.05, 0.1) is 18.0 Å². The third-order valence-electron chi connectivity index (χ3n) is 4.58. The van der Waals surface area contributed by atoms with Gasteiger partial charge in [0, 0.05) is 30.7 Å². The number of hydrogen-bond acceptors (Lipinski definition) is 5. The summed E-state index contributed by atoms with van der Waals surface area (Å²) in [6.45, 7) is 13.2. The van der Waals surface area contributed by atoms with E-state index in [-0.39, 0.29) is 24.0 Å². The molecule has 0 aromatic heterocycles. The summed E-state index contributed by atoms with van der Waals surface area (Å²) >= 11 is 0. The van der Waals surface area contributed by atoms with Crippen molar-refractivity contribution < 1.29 is 14.3 Å². The average Bonchev–Trinajstić information content (AvgIpc) is 2.94. The van der Waals surface area contributed by atoms with Crippen molar-refractivity contribution in [2.24, 2.45) is 11.8 Å². The zero-order chi connectivity index (χ0) is 19.7. The zero-order valence-electron chi connectivity index (χ0n) is 17.3. The second-order valence-corrected chi connectivity index (χ2v) is 10.8. The Hall–Kier alpha value is -0.200. The van der Waals surface area contributed by atoms with Gasteiger partial charge in [0.1, 0.15) is 5.78 Å². The number of likely N-dealkylation sites (tertiary alicyclic amines) is 1. The van der Waals surface area contributed by atoms with Crippen LogP contribution in [0.5, 0.6) is 0 Å². The fraction of sp³-hybridized carbons (Fsp3) is 0.900. The standard InChI is InChI=1S/C20H37NO3S2/c1-14(2)7-8-17-11-18(24-16(5)6)12-21(17)20(23)13-26-25-10-9-19(22)15(3)4/h14-18H,7-13H2,1-6H3/t17-,18-/m1/s1. The summed E-state index contributed by atoms with van der Waals surface area (Å²) < 4.78 is 5.98. The van der Waals surface area contributed by atoms with Crippen LogP contribution in [-0.4, -0.2) is 52.9 Å². The van der Waals surface area contributed by atoms with Gasteiger partial charge < -0.3 is 9.64 Å². The van der Waals surface area contributed by atoms with Crippen LogP contribution in [0.2, 0.25) is 0 Å². The second kappa shape index (κ2) is 12.3. The van der Waals surface area contributed by atoms with Crippen LogP contribution in [0, 0.1) is 11.8 Å². The third-order valence-corrected chi connectivity index (χ3v) is 6.84. The van der Waals surface area contributed by atoms with Gasteiger partial charge in [-0.15, -0.1) is 0 Å². The lowest BCUT2D eigenvalue weighted by molar-refractivity contribution is -0.129. The van der Waals surface area contributed by atoms with Gasteiger partial charge in [-0.25, -0.2) is 0 Å². The number of hydrogen-bond donors (Lipinski definition) is 0. The molecule has 6 heteroatoms. The Balaban J connectivity index is 2.42. The van der Waals surface area contributed by atoms with Crippen LogP contribution in [0.4, 0.5) is 0 Å². The molecule has 1 saturated heterocycles. The van der Waals surface area contributed by atoms with E-state index < -0.39 is 0 Å². The molecule has 152 valence electrons. The number of carbonyl (C=O) groups excluding carboxylic acids is 2. The smallest absolute Gasteiger partial charge is 0.233 e. The molecule has 0 unspecified atom stereocenters. The van der Waals surface area contributed by atoms with Gasteiger partial charge in [-0.3, -0.25) is 9.59 Å². The van der Waals surface area contributed by atoms with Crippen molar-refractivity contribution in [3.05, 3.63) is 0 Å². The highest BCUT2D eigenvalue weighted by Crippen LogP contribution is 2.29. The minimum absolute atomic E-state index is 0.103. The minimum Gasteiger partial charge on any atom is -0.374 e. The fourth-order valence-corrected chi connectivity index (χ4v) is 5.04. The lowest BCUT2D eigenvalue weighted by Gasteiger charge is -2.25. The fourth-order valence-electron chi connectivity index (χ4n) is 3.13. The van der Waals surface area contributed by atoms with Crippen molar-refractivity contribution in [3.63, 3.8) is 0 Å². The highest BCUT2D eigenvalue weighted by atomic mass is 33.1. The molecule has 1 aliphatic rings. The minimum atomic E-state index is 0.103. The Kier molecular flexibility index (Phi) is 11.3. The van der Waals surface area contributed by atoms with Crippen LogP contribution in [0.25, 0.3) is 0 Å². The SMILES string of the molecule is CC(C)CC[C@@H]1C[C@@H](OC(C)C)CN1C(=O)CSSCCC(=O)C(C)C. The van der Waals surface area contributed by atoms with Gasteiger partial charge in [0.15, 0.2) is 0 Å². The molecule has 1 rings (SSSR count). The molecule has 0 saturated carbocycles. The molecule has 0 radical (unpaired) electrons. The summed E-state index contributed by atoms with van der Waals surface area (Å²) in [5, 5.41) is 0. The number of ether oxygens (including phenoxy) is 1. The van der Waals surface area contributed by atoms with E-state index in [0.29, 0.717) is 29.9 Å². The summed E-state index contributed by atoms with van der Waals surface area (Å²) in [6, 6.07) is 0.307. The normalized spacial score (nSPS) is 20.6. The molecule has 0 aromatic rings. The number of rotatable bonds is 12. The van der Waals surface area contributed by atoms with E-state index in [1.165, 1.54) is 0 Å². The molecule has 1 heterocycles. The quantitative estimate of drug-likeness (QED) is 0.345. The Morgan fingerprint density at radius 1 is 1.12 bits per heavy atom. The second-order valence-electron chi connectivity index (χ2n) is 8.17. The van der Waals surface area contributed by atoms with Crippen LogP contribution >= 0.6 is 21.6 Å². The van der Waals surface area contributed by atoms with Crippen molar-refractivity contribution in [2.75, 3.05) is 18.1 Å². The molecule has 1 fully saturated rings. The largest absolute Gasteiger partial charge is 0.374 e. The van der Waals surface area contributed by atoms with Crippen molar-refractivity contribution in [3.8, 4) is 0 Å². The molecule has 1 aliphatic heterocycles. The third kappa shape index (κ3) is 9.14. The first kappa shape index (κ1) is 23.8. The van der Waals surface area contributed by atoms with Crippen molar-refractivity contribution in [1.29, 1.82) is 0 Å². The van der Waals surface area contributed by atoms with E-state index in [2.05, 4.69) is 27.7 Å². The van der Waals surface area contributed by atoms with Crippen LogP contribution in [0.3, 0.4) is 0 Å². The van der Waals surface area contributed by atoms with E-state index in [0.717, 1.165) is 31.6 Å². The van der Waals surface area contributed by atoms with Crippen molar-refractivity contribution in [1.82, 2.24) is 4.90 Å². The molecule has 0 aliphatic carbocycles. The lowest BCUT2D eigenvalue weighted by atomic mass is 10.0. The van der Waals surface area contributed by atoms with E-state index in [9.17, 15) is 9.59 Å². The molecule has 0 spiro atoms. The van der Waals surface area contributed by atoms with Crippen LogP contribution in [0.15, 0.2) is 0 Å². The number of nitrogens with zero attached hydrogens (tertiary/aromatic N) is 1. The molecular weight excluding hydrogens is 366 g/mol. The zero-order valence-corrected chi connectivity index (χ0v) is 19.0. The summed E-state index contributed by atoms with van der Waals surface area (Å²) in [5.41, 5.74) is 0. The van der Waals surface area contributed by atoms with Gasteiger partial charge in [0.2, 0.25) is 5.91 Å². The Labute approximate surface area is 168 Å². The summed E-state index contributed by atoms with van der Waals surface area (Å²) in [5.74, 6) is 2.53.